The van der Waals surface area contributed by atoms with Gasteiger partial charge in [0.15, 0.2) is 0 Å². The number of anilines is 1. The van der Waals surface area contributed by atoms with Crippen molar-refractivity contribution in [3.8, 4) is 16.9 Å². The second kappa shape index (κ2) is 6.16. The Morgan fingerprint density at radius 1 is 1.00 bits per heavy atom. The van der Waals surface area contributed by atoms with Crippen molar-refractivity contribution in [3.05, 3.63) is 54.2 Å². The molecule has 24 heavy (non-hydrogen) atoms. The highest BCUT2D eigenvalue weighted by atomic mass is 16.5. The second-order valence-corrected chi connectivity index (χ2v) is 6.41. The number of nitrogens with zero attached hydrogens (tertiary/aromatic N) is 2. The van der Waals surface area contributed by atoms with Gasteiger partial charge in [0.25, 0.3) is 0 Å². The third-order valence-corrected chi connectivity index (χ3v) is 4.78. The summed E-state index contributed by atoms with van der Waals surface area (Å²) in [6, 6.07) is 16.9. The number of benzene rings is 2. The molecule has 2 heterocycles. The second-order valence-electron chi connectivity index (χ2n) is 6.41. The van der Waals surface area contributed by atoms with Crippen molar-refractivity contribution in [2.75, 3.05) is 25.1 Å². The summed E-state index contributed by atoms with van der Waals surface area (Å²) in [6.45, 7) is 4.37. The summed E-state index contributed by atoms with van der Waals surface area (Å²) in [4.78, 5) is 7.27. The lowest BCUT2D eigenvalue weighted by atomic mass is 10.0. The summed E-state index contributed by atoms with van der Waals surface area (Å²) in [5.74, 6) is 0.893. The lowest BCUT2D eigenvalue weighted by Crippen LogP contribution is -2.18. The maximum Gasteiger partial charge on any atom is 0.126 e. The molecule has 1 aromatic heterocycles. The van der Waals surface area contributed by atoms with Crippen LogP contribution in [-0.4, -0.2) is 25.2 Å². The summed E-state index contributed by atoms with van der Waals surface area (Å²) in [5, 5.41) is 1.24. The molecule has 0 spiro atoms. The molecule has 1 saturated heterocycles. The third kappa shape index (κ3) is 2.60. The molecule has 0 atom stereocenters. The topological polar surface area (TPSA) is 25.4 Å². The molecule has 4 rings (SSSR count). The first-order valence-electron chi connectivity index (χ1n) is 8.56. The van der Waals surface area contributed by atoms with Gasteiger partial charge in [-0.05, 0) is 43.5 Å². The Morgan fingerprint density at radius 3 is 2.58 bits per heavy atom. The Morgan fingerprint density at radius 2 is 1.79 bits per heavy atom. The van der Waals surface area contributed by atoms with Crippen molar-refractivity contribution in [1.29, 1.82) is 0 Å². The first-order valence-corrected chi connectivity index (χ1v) is 8.56. The maximum absolute atomic E-state index is 5.51. The van der Waals surface area contributed by atoms with E-state index in [1.165, 1.54) is 23.9 Å². The minimum Gasteiger partial charge on any atom is -0.496 e. The highest BCUT2D eigenvalue weighted by Gasteiger charge is 2.16. The average Bonchev–Trinajstić information content (AvgIpc) is 3.15. The van der Waals surface area contributed by atoms with Gasteiger partial charge in [-0.3, -0.25) is 4.98 Å². The fourth-order valence-electron chi connectivity index (χ4n) is 3.61. The maximum atomic E-state index is 5.51. The van der Waals surface area contributed by atoms with Crippen LogP contribution in [0, 0.1) is 6.92 Å². The Hall–Kier alpha value is -2.55. The molecule has 0 aliphatic carbocycles. The smallest absolute Gasteiger partial charge is 0.126 e. The Labute approximate surface area is 142 Å². The molecule has 0 saturated carbocycles. The van der Waals surface area contributed by atoms with E-state index in [4.69, 9.17) is 9.72 Å². The van der Waals surface area contributed by atoms with Crippen molar-refractivity contribution in [3.63, 3.8) is 0 Å². The number of aromatic nitrogens is 1. The molecule has 3 heteroatoms. The molecule has 2 aromatic carbocycles. The SMILES string of the molecule is COc1ccccc1-c1ccc2c(N3CCCC3)cc(C)nc2c1. The van der Waals surface area contributed by atoms with Crippen LogP contribution in [0.4, 0.5) is 5.69 Å². The van der Waals surface area contributed by atoms with Gasteiger partial charge in [0, 0.05) is 35.4 Å². The van der Waals surface area contributed by atoms with Crippen LogP contribution in [0.2, 0.25) is 0 Å². The number of hydrogen-bond acceptors (Lipinski definition) is 3. The number of pyridine rings is 1. The molecule has 0 amide bonds. The van der Waals surface area contributed by atoms with Crippen LogP contribution < -0.4 is 9.64 Å². The van der Waals surface area contributed by atoms with Gasteiger partial charge in [0.05, 0.1) is 12.6 Å². The van der Waals surface area contributed by atoms with Crippen LogP contribution in [0.25, 0.3) is 22.0 Å². The van der Waals surface area contributed by atoms with Crippen molar-refractivity contribution < 1.29 is 4.74 Å². The summed E-state index contributed by atoms with van der Waals surface area (Å²) < 4.78 is 5.51. The molecular formula is C21H22N2O. The van der Waals surface area contributed by atoms with Gasteiger partial charge in [0.1, 0.15) is 5.75 Å². The van der Waals surface area contributed by atoms with Crippen LogP contribution in [0.1, 0.15) is 18.5 Å². The van der Waals surface area contributed by atoms with Crippen LogP contribution >= 0.6 is 0 Å². The molecule has 0 radical (unpaired) electrons. The first-order chi connectivity index (χ1) is 11.8. The van der Waals surface area contributed by atoms with E-state index in [1.54, 1.807) is 7.11 Å². The summed E-state index contributed by atoms with van der Waals surface area (Å²) in [7, 11) is 1.72. The van der Waals surface area contributed by atoms with E-state index < -0.39 is 0 Å². The number of ether oxygens (including phenoxy) is 1. The Balaban J connectivity index is 1.87. The molecule has 0 N–H and O–H groups in total. The van der Waals surface area contributed by atoms with Crippen LogP contribution in [0.3, 0.4) is 0 Å². The molecule has 1 fully saturated rings. The van der Waals surface area contributed by atoms with Crippen molar-refractivity contribution >= 4 is 16.6 Å². The van der Waals surface area contributed by atoms with Crippen molar-refractivity contribution in [2.24, 2.45) is 0 Å². The fraction of sp³-hybridized carbons (Fsp3) is 0.286. The van der Waals surface area contributed by atoms with Gasteiger partial charge < -0.3 is 9.64 Å². The van der Waals surface area contributed by atoms with E-state index >= 15 is 0 Å². The summed E-state index contributed by atoms with van der Waals surface area (Å²) in [5.41, 5.74) is 5.70. The summed E-state index contributed by atoms with van der Waals surface area (Å²) >= 11 is 0. The standard InChI is InChI=1S/C21H22N2O/c1-15-13-20(23-11-5-6-12-23)18-10-9-16(14-19(18)22-15)17-7-3-4-8-21(17)24-2/h3-4,7-10,13-14H,5-6,11-12H2,1-2H3. The minimum atomic E-state index is 0.893. The highest BCUT2D eigenvalue weighted by Crippen LogP contribution is 2.35. The minimum absolute atomic E-state index is 0.893. The number of hydrogen-bond donors (Lipinski definition) is 0. The number of fused-ring (bicyclic) bond motifs is 1. The quantitative estimate of drug-likeness (QED) is 0.692. The molecule has 0 bridgehead atoms. The van der Waals surface area contributed by atoms with E-state index in [2.05, 4.69) is 42.2 Å². The average molecular weight is 318 g/mol. The lowest BCUT2D eigenvalue weighted by Gasteiger charge is -2.20. The predicted molar refractivity (Wildman–Crippen MR) is 99.9 cm³/mol. The monoisotopic (exact) mass is 318 g/mol. The lowest BCUT2D eigenvalue weighted by molar-refractivity contribution is 0.416. The zero-order valence-electron chi connectivity index (χ0n) is 14.2. The van der Waals surface area contributed by atoms with Gasteiger partial charge >= 0.3 is 0 Å². The van der Waals surface area contributed by atoms with Gasteiger partial charge in [-0.15, -0.1) is 0 Å². The molecule has 1 aliphatic heterocycles. The van der Waals surface area contributed by atoms with Gasteiger partial charge in [-0.2, -0.15) is 0 Å². The molecule has 122 valence electrons. The number of methoxy groups -OCH3 is 1. The molecule has 1 aliphatic rings. The third-order valence-electron chi connectivity index (χ3n) is 4.78. The molecule has 3 nitrogen and oxygen atoms in total. The van der Waals surface area contributed by atoms with E-state index in [1.807, 2.05) is 18.2 Å². The predicted octanol–water partition coefficient (Wildman–Crippen LogP) is 4.82. The van der Waals surface area contributed by atoms with Gasteiger partial charge in [-0.25, -0.2) is 0 Å². The van der Waals surface area contributed by atoms with E-state index in [0.29, 0.717) is 0 Å². The Kier molecular flexibility index (Phi) is 3.85. The van der Waals surface area contributed by atoms with Gasteiger partial charge in [-0.1, -0.05) is 30.3 Å². The molecule has 3 aromatic rings. The fourth-order valence-corrected chi connectivity index (χ4v) is 3.61. The number of para-hydroxylation sites is 1. The van der Waals surface area contributed by atoms with E-state index in [-0.39, 0.29) is 0 Å². The zero-order chi connectivity index (χ0) is 16.5. The van der Waals surface area contributed by atoms with Crippen LogP contribution in [0.15, 0.2) is 48.5 Å². The van der Waals surface area contributed by atoms with Crippen molar-refractivity contribution in [2.45, 2.75) is 19.8 Å². The summed E-state index contributed by atoms with van der Waals surface area (Å²) in [6.07, 6.45) is 2.56. The molecular weight excluding hydrogens is 296 g/mol. The van der Waals surface area contributed by atoms with E-state index in [0.717, 1.165) is 41.2 Å². The Bertz CT molecular complexity index is 882. The van der Waals surface area contributed by atoms with Crippen LogP contribution in [-0.2, 0) is 0 Å². The highest BCUT2D eigenvalue weighted by molar-refractivity contribution is 5.95. The first kappa shape index (κ1) is 15.0. The van der Waals surface area contributed by atoms with Crippen LogP contribution in [0.5, 0.6) is 5.75 Å². The van der Waals surface area contributed by atoms with Crippen molar-refractivity contribution in [1.82, 2.24) is 4.98 Å². The zero-order valence-corrected chi connectivity index (χ0v) is 14.2. The number of rotatable bonds is 3. The molecule has 0 unspecified atom stereocenters. The van der Waals surface area contributed by atoms with E-state index in [9.17, 15) is 0 Å². The normalized spacial score (nSPS) is 14.3. The number of aryl methyl sites for hydroxylation is 1. The van der Waals surface area contributed by atoms with Gasteiger partial charge in [0.2, 0.25) is 0 Å². The largest absolute Gasteiger partial charge is 0.496 e.